The van der Waals surface area contributed by atoms with Crippen molar-refractivity contribution < 1.29 is 19.5 Å². The number of nitrogens with zero attached hydrogens (tertiary/aromatic N) is 4. The minimum atomic E-state index is -1.05. The third kappa shape index (κ3) is 4.91. The highest BCUT2D eigenvalue weighted by molar-refractivity contribution is 6.05. The molecule has 9 nitrogen and oxygen atoms in total. The summed E-state index contributed by atoms with van der Waals surface area (Å²) < 4.78 is 0. The highest BCUT2D eigenvalue weighted by atomic mass is 16.3. The normalized spacial score (nSPS) is 22.2. The molecule has 0 aliphatic carbocycles. The minimum absolute atomic E-state index is 0.209. The molecule has 2 aromatic rings. The van der Waals surface area contributed by atoms with Gasteiger partial charge in [0.25, 0.3) is 5.91 Å². The van der Waals surface area contributed by atoms with Gasteiger partial charge in [-0.3, -0.25) is 29.6 Å². The third-order valence-electron chi connectivity index (χ3n) is 7.46. The maximum atomic E-state index is 12.9. The molecular formula is C27H33N5O4. The molecule has 0 spiro atoms. The molecule has 1 aromatic heterocycles. The van der Waals surface area contributed by atoms with Crippen molar-refractivity contribution >= 4 is 17.7 Å². The molecular weight excluding hydrogens is 458 g/mol. The maximum Gasteiger partial charge on any atom is 0.256 e. The van der Waals surface area contributed by atoms with Crippen LogP contribution in [0.5, 0.6) is 0 Å². The fraction of sp³-hybridized carbons (Fsp3) is 0.481. The van der Waals surface area contributed by atoms with Crippen LogP contribution in [-0.4, -0.2) is 75.7 Å². The van der Waals surface area contributed by atoms with E-state index in [9.17, 15) is 19.5 Å². The van der Waals surface area contributed by atoms with Gasteiger partial charge in [0.1, 0.15) is 11.6 Å². The molecule has 3 amide bonds. The summed E-state index contributed by atoms with van der Waals surface area (Å²) in [5.41, 5.74) is 3.11. The Morgan fingerprint density at radius 3 is 2.42 bits per heavy atom. The van der Waals surface area contributed by atoms with Crippen molar-refractivity contribution in [3.05, 3.63) is 64.5 Å². The quantitative estimate of drug-likeness (QED) is 0.588. The number of hydrogen-bond acceptors (Lipinski definition) is 7. The van der Waals surface area contributed by atoms with Gasteiger partial charge in [-0.05, 0) is 56.6 Å². The summed E-state index contributed by atoms with van der Waals surface area (Å²) in [5.74, 6) is -1.00. The number of pyridine rings is 1. The Morgan fingerprint density at radius 2 is 1.75 bits per heavy atom. The van der Waals surface area contributed by atoms with Gasteiger partial charge in [0.05, 0.1) is 23.5 Å². The Morgan fingerprint density at radius 1 is 1.06 bits per heavy atom. The van der Waals surface area contributed by atoms with Crippen molar-refractivity contribution in [3.8, 4) is 0 Å². The number of piperidine rings is 2. The molecule has 1 unspecified atom stereocenters. The Labute approximate surface area is 211 Å². The molecule has 1 atom stereocenters. The van der Waals surface area contributed by atoms with Gasteiger partial charge in [-0.2, -0.15) is 0 Å². The Balaban J connectivity index is 1.22. The lowest BCUT2D eigenvalue weighted by atomic mass is 9.87. The minimum Gasteiger partial charge on any atom is -0.383 e. The lowest BCUT2D eigenvalue weighted by molar-refractivity contribution is -0.136. The van der Waals surface area contributed by atoms with Crippen LogP contribution in [0.3, 0.4) is 0 Å². The van der Waals surface area contributed by atoms with Gasteiger partial charge in [-0.1, -0.05) is 24.3 Å². The smallest absolute Gasteiger partial charge is 0.256 e. The standard InChI is InChI=1S/C27H33N5O4/c1-30(2)15-18-3-5-19(6-4-18)16-31-13-11-27(36,12-14-31)23-9-7-20-21(28-23)17-32(26(20)35)22-8-10-24(33)29-25(22)34/h3-7,9,22,36H,8,10-17H2,1-2H3,(H,29,33,34). The van der Waals surface area contributed by atoms with Crippen LogP contribution in [0.4, 0.5) is 0 Å². The lowest BCUT2D eigenvalue weighted by Crippen LogP contribution is -2.52. The average Bonchev–Trinajstić information content (AvgIpc) is 3.17. The third-order valence-corrected chi connectivity index (χ3v) is 7.46. The summed E-state index contributed by atoms with van der Waals surface area (Å²) >= 11 is 0. The summed E-state index contributed by atoms with van der Waals surface area (Å²) in [7, 11) is 4.12. The molecule has 190 valence electrons. The largest absolute Gasteiger partial charge is 0.383 e. The Hall–Kier alpha value is -3.14. The molecule has 0 radical (unpaired) electrons. The van der Waals surface area contributed by atoms with E-state index in [1.54, 1.807) is 12.1 Å². The van der Waals surface area contributed by atoms with Crippen molar-refractivity contribution in [3.63, 3.8) is 0 Å². The van der Waals surface area contributed by atoms with E-state index < -0.39 is 17.6 Å². The van der Waals surface area contributed by atoms with E-state index in [1.807, 2.05) is 0 Å². The zero-order valence-electron chi connectivity index (χ0n) is 20.9. The molecule has 2 saturated heterocycles. The maximum absolute atomic E-state index is 12.9. The van der Waals surface area contributed by atoms with Crippen LogP contribution in [0.25, 0.3) is 0 Å². The SMILES string of the molecule is CN(C)Cc1ccc(CN2CCC(O)(c3ccc4c(n3)CN(C3CCC(=O)NC3=O)C4=O)CC2)cc1. The highest BCUT2D eigenvalue weighted by Gasteiger charge is 2.41. The summed E-state index contributed by atoms with van der Waals surface area (Å²) in [4.78, 5) is 47.4. The molecule has 0 saturated carbocycles. The second-order valence-electron chi connectivity index (χ2n) is 10.5. The van der Waals surface area contributed by atoms with Crippen molar-refractivity contribution in [1.82, 2.24) is 25.0 Å². The van der Waals surface area contributed by atoms with Crippen LogP contribution in [-0.2, 0) is 34.8 Å². The topological polar surface area (TPSA) is 106 Å². The van der Waals surface area contributed by atoms with Crippen LogP contribution in [0.15, 0.2) is 36.4 Å². The number of carbonyl (C=O) groups is 3. The summed E-state index contributed by atoms with van der Waals surface area (Å²) in [6.45, 7) is 3.46. The van der Waals surface area contributed by atoms with E-state index in [0.717, 1.165) is 26.2 Å². The van der Waals surface area contributed by atoms with Crippen LogP contribution in [0, 0.1) is 0 Å². The molecule has 0 bridgehead atoms. The molecule has 2 fully saturated rings. The van der Waals surface area contributed by atoms with E-state index in [-0.39, 0.29) is 24.8 Å². The number of rotatable bonds is 6. The van der Waals surface area contributed by atoms with Crippen molar-refractivity contribution in [2.45, 2.75) is 57.0 Å². The fourth-order valence-corrected chi connectivity index (χ4v) is 5.41. The summed E-state index contributed by atoms with van der Waals surface area (Å²) in [5, 5.41) is 13.8. The second kappa shape index (κ2) is 9.72. The molecule has 4 heterocycles. The van der Waals surface area contributed by atoms with Crippen LogP contribution in [0.2, 0.25) is 0 Å². The number of nitrogens with one attached hydrogen (secondary N) is 1. The van der Waals surface area contributed by atoms with Crippen molar-refractivity contribution in [2.75, 3.05) is 27.2 Å². The van der Waals surface area contributed by atoms with Crippen LogP contribution >= 0.6 is 0 Å². The second-order valence-corrected chi connectivity index (χ2v) is 10.5. The summed E-state index contributed by atoms with van der Waals surface area (Å²) in [6, 6.07) is 11.5. The predicted octanol–water partition coefficient (Wildman–Crippen LogP) is 1.39. The van der Waals surface area contributed by atoms with Gasteiger partial charge in [-0.15, -0.1) is 0 Å². The number of aromatic nitrogens is 1. The zero-order chi connectivity index (χ0) is 25.4. The number of likely N-dealkylation sites (tertiary alicyclic amines) is 1. The molecule has 36 heavy (non-hydrogen) atoms. The number of aliphatic hydroxyl groups is 1. The molecule has 2 N–H and O–H groups in total. The number of imide groups is 1. The van der Waals surface area contributed by atoms with Gasteiger partial charge < -0.3 is 14.9 Å². The lowest BCUT2D eigenvalue weighted by Gasteiger charge is -2.38. The molecule has 1 aromatic carbocycles. The van der Waals surface area contributed by atoms with Gasteiger partial charge in [0, 0.05) is 32.6 Å². The first-order valence-corrected chi connectivity index (χ1v) is 12.5. The van der Waals surface area contributed by atoms with Gasteiger partial charge in [-0.25, -0.2) is 0 Å². The van der Waals surface area contributed by atoms with Crippen LogP contribution in [0.1, 0.15) is 58.6 Å². The molecule has 5 rings (SSSR count). The first-order valence-electron chi connectivity index (χ1n) is 12.5. The summed E-state index contributed by atoms with van der Waals surface area (Å²) in [6.07, 6.45) is 1.64. The van der Waals surface area contributed by atoms with Gasteiger partial charge in [0.2, 0.25) is 11.8 Å². The van der Waals surface area contributed by atoms with E-state index in [4.69, 9.17) is 4.98 Å². The fourth-order valence-electron chi connectivity index (χ4n) is 5.41. The van der Waals surface area contributed by atoms with E-state index >= 15 is 0 Å². The number of amides is 3. The highest BCUT2D eigenvalue weighted by Crippen LogP contribution is 2.35. The van der Waals surface area contributed by atoms with Crippen molar-refractivity contribution in [2.24, 2.45) is 0 Å². The molecule has 3 aliphatic heterocycles. The number of hydrogen-bond donors (Lipinski definition) is 2. The zero-order valence-corrected chi connectivity index (χ0v) is 20.9. The van der Waals surface area contributed by atoms with E-state index in [2.05, 4.69) is 53.5 Å². The number of fused-ring (bicyclic) bond motifs is 1. The molecule has 9 heteroatoms. The predicted molar refractivity (Wildman–Crippen MR) is 133 cm³/mol. The van der Waals surface area contributed by atoms with E-state index in [0.29, 0.717) is 36.2 Å². The molecule has 3 aliphatic rings. The number of carbonyl (C=O) groups excluding carboxylic acids is 3. The first kappa shape index (κ1) is 24.5. The van der Waals surface area contributed by atoms with E-state index in [1.165, 1.54) is 16.0 Å². The van der Waals surface area contributed by atoms with Gasteiger partial charge >= 0.3 is 0 Å². The monoisotopic (exact) mass is 491 g/mol. The number of benzene rings is 1. The average molecular weight is 492 g/mol. The Bertz CT molecular complexity index is 1170. The van der Waals surface area contributed by atoms with Gasteiger partial charge in [0.15, 0.2) is 0 Å². The van der Waals surface area contributed by atoms with Crippen LogP contribution < -0.4 is 5.32 Å². The van der Waals surface area contributed by atoms with Crippen molar-refractivity contribution in [1.29, 1.82) is 0 Å². The first-order chi connectivity index (χ1) is 17.2. The Kier molecular flexibility index (Phi) is 6.63.